The number of hydrogen-bond donors (Lipinski definition) is 1. The zero-order valence-corrected chi connectivity index (χ0v) is 12.0. The van der Waals surface area contributed by atoms with Crippen molar-refractivity contribution in [2.75, 3.05) is 13.2 Å². The zero-order valence-electron chi connectivity index (χ0n) is 12.0. The minimum absolute atomic E-state index is 0.200. The predicted octanol–water partition coefficient (Wildman–Crippen LogP) is 2.83. The number of benzene rings is 1. The van der Waals surface area contributed by atoms with E-state index in [4.69, 9.17) is 4.74 Å². The summed E-state index contributed by atoms with van der Waals surface area (Å²) in [6.07, 6.45) is 0. The number of carbonyl (C=O) groups excluding carboxylic acids is 1. The molecule has 0 saturated carbocycles. The fraction of sp³-hybridized carbons (Fsp3) is 0.533. The highest BCUT2D eigenvalue weighted by Crippen LogP contribution is 2.24. The molecule has 1 aromatic rings. The van der Waals surface area contributed by atoms with E-state index in [1.165, 1.54) is 5.56 Å². The van der Waals surface area contributed by atoms with Crippen LogP contribution in [-0.4, -0.2) is 19.1 Å². The van der Waals surface area contributed by atoms with Gasteiger partial charge in [0.05, 0.1) is 6.61 Å². The van der Waals surface area contributed by atoms with Crippen molar-refractivity contribution in [2.24, 2.45) is 0 Å². The number of nitrogens with one attached hydrogen (secondary N) is 1. The summed E-state index contributed by atoms with van der Waals surface area (Å²) in [5, 5.41) is 3.21. The Morgan fingerprint density at radius 3 is 2.22 bits per heavy atom. The third-order valence-corrected chi connectivity index (χ3v) is 2.96. The molecule has 0 spiro atoms. The molecular formula is C15H23NO2. The lowest BCUT2D eigenvalue weighted by Crippen LogP contribution is -2.31. The number of aryl methyl sites for hydroxylation is 3. The number of esters is 1. The fourth-order valence-corrected chi connectivity index (χ4v) is 2.38. The molecule has 1 N–H and O–H groups in total. The third kappa shape index (κ3) is 3.33. The van der Waals surface area contributed by atoms with Gasteiger partial charge in [0.25, 0.3) is 0 Å². The van der Waals surface area contributed by atoms with Gasteiger partial charge in [-0.05, 0) is 50.9 Å². The molecule has 0 aromatic heterocycles. The Hall–Kier alpha value is -1.35. The van der Waals surface area contributed by atoms with Gasteiger partial charge >= 0.3 is 5.97 Å². The van der Waals surface area contributed by atoms with Crippen molar-refractivity contribution >= 4 is 5.97 Å². The Kier molecular flexibility index (Phi) is 5.35. The van der Waals surface area contributed by atoms with Gasteiger partial charge in [-0.15, -0.1) is 0 Å². The van der Waals surface area contributed by atoms with Crippen molar-refractivity contribution in [3.05, 3.63) is 34.4 Å². The average Bonchev–Trinajstić information content (AvgIpc) is 2.26. The SMILES string of the molecule is CCNC(C(=O)OCC)c1c(C)cc(C)cc1C. The molecular weight excluding hydrogens is 226 g/mol. The average molecular weight is 249 g/mol. The second-order valence-electron chi connectivity index (χ2n) is 4.56. The van der Waals surface area contributed by atoms with Gasteiger partial charge < -0.3 is 10.1 Å². The van der Waals surface area contributed by atoms with Crippen LogP contribution in [0.2, 0.25) is 0 Å². The second-order valence-corrected chi connectivity index (χ2v) is 4.56. The van der Waals surface area contributed by atoms with Crippen molar-refractivity contribution in [2.45, 2.75) is 40.7 Å². The van der Waals surface area contributed by atoms with E-state index in [2.05, 4.69) is 24.4 Å². The Bertz CT molecular complexity index is 403. The first-order valence-corrected chi connectivity index (χ1v) is 6.49. The number of rotatable bonds is 5. The van der Waals surface area contributed by atoms with Crippen LogP contribution in [0, 0.1) is 20.8 Å². The van der Waals surface area contributed by atoms with Crippen LogP contribution in [0.25, 0.3) is 0 Å². The summed E-state index contributed by atoms with van der Waals surface area (Å²) < 4.78 is 5.15. The molecule has 0 aliphatic rings. The molecule has 0 aliphatic carbocycles. The molecule has 1 atom stereocenters. The Morgan fingerprint density at radius 2 is 1.78 bits per heavy atom. The first kappa shape index (κ1) is 14.7. The van der Waals surface area contributed by atoms with Crippen LogP contribution in [0.4, 0.5) is 0 Å². The summed E-state index contributed by atoms with van der Waals surface area (Å²) >= 11 is 0. The van der Waals surface area contributed by atoms with E-state index in [0.29, 0.717) is 6.61 Å². The molecule has 3 nitrogen and oxygen atoms in total. The summed E-state index contributed by atoms with van der Waals surface area (Å²) in [5.74, 6) is -0.200. The van der Waals surface area contributed by atoms with Crippen LogP contribution >= 0.6 is 0 Å². The second kappa shape index (κ2) is 6.55. The van der Waals surface area contributed by atoms with Crippen molar-refractivity contribution in [3.8, 4) is 0 Å². The van der Waals surface area contributed by atoms with Gasteiger partial charge in [-0.25, -0.2) is 4.79 Å². The Labute approximate surface area is 110 Å². The van der Waals surface area contributed by atoms with Gasteiger partial charge in [-0.1, -0.05) is 24.6 Å². The molecule has 0 amide bonds. The van der Waals surface area contributed by atoms with Crippen LogP contribution in [0.5, 0.6) is 0 Å². The van der Waals surface area contributed by atoms with Crippen molar-refractivity contribution in [1.82, 2.24) is 5.32 Å². The molecule has 0 saturated heterocycles. The maximum atomic E-state index is 12.0. The van der Waals surface area contributed by atoms with E-state index in [1.54, 1.807) is 0 Å². The molecule has 0 fully saturated rings. The van der Waals surface area contributed by atoms with Crippen LogP contribution in [0.3, 0.4) is 0 Å². The van der Waals surface area contributed by atoms with E-state index in [0.717, 1.165) is 23.2 Å². The van der Waals surface area contributed by atoms with Gasteiger partial charge in [-0.2, -0.15) is 0 Å². The molecule has 0 bridgehead atoms. The minimum Gasteiger partial charge on any atom is -0.465 e. The molecule has 0 heterocycles. The van der Waals surface area contributed by atoms with Gasteiger partial charge in [0.2, 0.25) is 0 Å². The standard InChI is InChI=1S/C15H23NO2/c1-6-16-14(15(17)18-7-2)13-11(4)8-10(3)9-12(13)5/h8-9,14,16H,6-7H2,1-5H3. The Balaban J connectivity index is 3.17. The normalized spacial score (nSPS) is 12.3. The molecule has 18 heavy (non-hydrogen) atoms. The fourth-order valence-electron chi connectivity index (χ4n) is 2.38. The number of ether oxygens (including phenoxy) is 1. The van der Waals surface area contributed by atoms with Crippen LogP contribution in [0.1, 0.15) is 42.1 Å². The topological polar surface area (TPSA) is 38.3 Å². The molecule has 100 valence electrons. The maximum absolute atomic E-state index is 12.0. The van der Waals surface area contributed by atoms with Gasteiger partial charge in [-0.3, -0.25) is 0 Å². The molecule has 3 heteroatoms. The highest BCUT2D eigenvalue weighted by atomic mass is 16.5. The van der Waals surface area contributed by atoms with E-state index in [-0.39, 0.29) is 12.0 Å². The van der Waals surface area contributed by atoms with Crippen molar-refractivity contribution in [3.63, 3.8) is 0 Å². The molecule has 1 unspecified atom stereocenters. The predicted molar refractivity (Wildman–Crippen MR) is 73.7 cm³/mol. The third-order valence-electron chi connectivity index (χ3n) is 2.96. The number of carbonyl (C=O) groups is 1. The summed E-state index contributed by atoms with van der Waals surface area (Å²) in [5.41, 5.74) is 4.52. The summed E-state index contributed by atoms with van der Waals surface area (Å²) in [6, 6.07) is 3.84. The van der Waals surface area contributed by atoms with Gasteiger partial charge in [0.1, 0.15) is 6.04 Å². The summed E-state index contributed by atoms with van der Waals surface area (Å²) in [6.45, 7) is 11.1. The lowest BCUT2D eigenvalue weighted by Gasteiger charge is -2.21. The van der Waals surface area contributed by atoms with Crippen LogP contribution in [0.15, 0.2) is 12.1 Å². The minimum atomic E-state index is -0.365. The summed E-state index contributed by atoms with van der Waals surface area (Å²) in [7, 11) is 0. The largest absolute Gasteiger partial charge is 0.465 e. The van der Waals surface area contributed by atoms with E-state index >= 15 is 0 Å². The monoisotopic (exact) mass is 249 g/mol. The maximum Gasteiger partial charge on any atom is 0.327 e. The van der Waals surface area contributed by atoms with E-state index < -0.39 is 0 Å². The first-order valence-electron chi connectivity index (χ1n) is 6.49. The van der Waals surface area contributed by atoms with Crippen LogP contribution in [-0.2, 0) is 9.53 Å². The molecule has 0 radical (unpaired) electrons. The molecule has 1 rings (SSSR count). The van der Waals surface area contributed by atoms with Crippen molar-refractivity contribution in [1.29, 1.82) is 0 Å². The number of hydrogen-bond acceptors (Lipinski definition) is 3. The van der Waals surface area contributed by atoms with Crippen LogP contribution < -0.4 is 5.32 Å². The lowest BCUT2D eigenvalue weighted by atomic mass is 9.94. The molecule has 0 aliphatic heterocycles. The van der Waals surface area contributed by atoms with Gasteiger partial charge in [0.15, 0.2) is 0 Å². The summed E-state index contributed by atoms with van der Waals surface area (Å²) in [4.78, 5) is 12.0. The first-order chi connectivity index (χ1) is 8.51. The smallest absolute Gasteiger partial charge is 0.327 e. The quantitative estimate of drug-likeness (QED) is 0.815. The van der Waals surface area contributed by atoms with Crippen molar-refractivity contribution < 1.29 is 9.53 Å². The highest BCUT2D eigenvalue weighted by molar-refractivity contribution is 5.78. The zero-order chi connectivity index (χ0) is 13.7. The lowest BCUT2D eigenvalue weighted by molar-refractivity contribution is -0.145. The number of likely N-dealkylation sites (N-methyl/N-ethyl adjacent to an activating group) is 1. The van der Waals surface area contributed by atoms with Gasteiger partial charge in [0, 0.05) is 0 Å². The van der Waals surface area contributed by atoms with E-state index in [9.17, 15) is 4.79 Å². The van der Waals surface area contributed by atoms with E-state index in [1.807, 2.05) is 27.7 Å². The highest BCUT2D eigenvalue weighted by Gasteiger charge is 2.24. The Morgan fingerprint density at radius 1 is 1.22 bits per heavy atom. The molecule has 1 aromatic carbocycles.